The van der Waals surface area contributed by atoms with Crippen molar-refractivity contribution >= 4 is 44.4 Å². The molecule has 174 valence electrons. The SMILES string of the molecule is O=C(Nc1ccccc1)c1ccc(CN2CCN(S(=O)(=O)c3cccc4nsnc34)CC2)cc1. The topological polar surface area (TPSA) is 95.5 Å². The van der Waals surface area contributed by atoms with Gasteiger partial charge in [-0.15, -0.1) is 0 Å². The van der Waals surface area contributed by atoms with Crippen LogP contribution in [0.3, 0.4) is 0 Å². The molecule has 0 unspecified atom stereocenters. The number of benzene rings is 3. The summed E-state index contributed by atoms with van der Waals surface area (Å²) in [6, 6.07) is 21.9. The smallest absolute Gasteiger partial charge is 0.255 e. The second kappa shape index (κ2) is 9.59. The Balaban J connectivity index is 1.19. The van der Waals surface area contributed by atoms with Crippen LogP contribution in [0.4, 0.5) is 5.69 Å². The lowest BCUT2D eigenvalue weighted by Gasteiger charge is -2.34. The van der Waals surface area contributed by atoms with E-state index in [-0.39, 0.29) is 10.8 Å². The average Bonchev–Trinajstić information content (AvgIpc) is 3.34. The monoisotopic (exact) mass is 493 g/mol. The molecule has 0 spiro atoms. The van der Waals surface area contributed by atoms with E-state index in [2.05, 4.69) is 19.0 Å². The maximum Gasteiger partial charge on any atom is 0.255 e. The van der Waals surface area contributed by atoms with Gasteiger partial charge in [0.25, 0.3) is 5.91 Å². The van der Waals surface area contributed by atoms with Crippen molar-refractivity contribution < 1.29 is 13.2 Å². The highest BCUT2D eigenvalue weighted by atomic mass is 32.2. The van der Waals surface area contributed by atoms with Crippen LogP contribution in [0.1, 0.15) is 15.9 Å². The minimum Gasteiger partial charge on any atom is -0.322 e. The average molecular weight is 494 g/mol. The number of fused-ring (bicyclic) bond motifs is 1. The number of nitrogens with one attached hydrogen (secondary N) is 1. The summed E-state index contributed by atoms with van der Waals surface area (Å²) in [4.78, 5) is 14.9. The van der Waals surface area contributed by atoms with E-state index in [0.717, 1.165) is 23.0 Å². The van der Waals surface area contributed by atoms with Gasteiger partial charge in [-0.05, 0) is 42.0 Å². The van der Waals surface area contributed by atoms with E-state index in [4.69, 9.17) is 0 Å². The zero-order valence-corrected chi connectivity index (χ0v) is 19.9. The fraction of sp³-hybridized carbons (Fsp3) is 0.208. The van der Waals surface area contributed by atoms with Gasteiger partial charge in [0.2, 0.25) is 10.0 Å². The van der Waals surface area contributed by atoms with Gasteiger partial charge in [-0.1, -0.05) is 36.4 Å². The van der Waals surface area contributed by atoms with Gasteiger partial charge in [-0.25, -0.2) is 8.42 Å². The van der Waals surface area contributed by atoms with Gasteiger partial charge in [0, 0.05) is 44.0 Å². The Morgan fingerprint density at radius 1 is 0.882 bits per heavy atom. The summed E-state index contributed by atoms with van der Waals surface area (Å²) >= 11 is 1.02. The number of hydrogen-bond donors (Lipinski definition) is 1. The summed E-state index contributed by atoms with van der Waals surface area (Å²) < 4.78 is 36.3. The standard InChI is InChI=1S/C24H23N5O3S2/c30-24(25-20-5-2-1-3-6-20)19-11-9-18(10-12-19)17-28-13-15-29(16-14-28)34(31,32)22-8-4-7-21-23(22)27-33-26-21/h1-12H,13-17H2,(H,25,30). The van der Waals surface area contributed by atoms with Crippen molar-refractivity contribution in [1.82, 2.24) is 18.0 Å². The molecule has 8 nitrogen and oxygen atoms in total. The van der Waals surface area contributed by atoms with E-state index in [1.54, 1.807) is 18.2 Å². The lowest BCUT2D eigenvalue weighted by atomic mass is 10.1. The molecule has 1 fully saturated rings. The molecule has 0 aliphatic carbocycles. The highest BCUT2D eigenvalue weighted by Gasteiger charge is 2.30. The summed E-state index contributed by atoms with van der Waals surface area (Å²) in [7, 11) is -3.63. The molecule has 34 heavy (non-hydrogen) atoms. The first-order chi connectivity index (χ1) is 16.5. The summed E-state index contributed by atoms with van der Waals surface area (Å²) in [5.74, 6) is -0.151. The van der Waals surface area contributed by atoms with Crippen LogP contribution < -0.4 is 5.32 Å². The number of piperazine rings is 1. The Hall–Kier alpha value is -3.18. The molecule has 2 heterocycles. The van der Waals surface area contributed by atoms with Gasteiger partial charge in [0.15, 0.2) is 0 Å². The van der Waals surface area contributed by atoms with Crippen LogP contribution in [0.15, 0.2) is 77.7 Å². The number of para-hydroxylation sites is 1. The van der Waals surface area contributed by atoms with E-state index < -0.39 is 10.0 Å². The van der Waals surface area contributed by atoms with E-state index >= 15 is 0 Å². The van der Waals surface area contributed by atoms with Crippen molar-refractivity contribution in [1.29, 1.82) is 0 Å². The van der Waals surface area contributed by atoms with E-state index in [9.17, 15) is 13.2 Å². The second-order valence-electron chi connectivity index (χ2n) is 8.09. The molecule has 0 bridgehead atoms. The predicted molar refractivity (Wildman–Crippen MR) is 132 cm³/mol. The Kier molecular flexibility index (Phi) is 6.38. The highest BCUT2D eigenvalue weighted by Crippen LogP contribution is 2.25. The molecule has 1 N–H and O–H groups in total. The van der Waals surface area contributed by atoms with Crippen molar-refractivity contribution in [3.8, 4) is 0 Å². The molecule has 1 amide bonds. The van der Waals surface area contributed by atoms with Gasteiger partial charge >= 0.3 is 0 Å². The summed E-state index contributed by atoms with van der Waals surface area (Å²) in [6.07, 6.45) is 0. The van der Waals surface area contributed by atoms with Crippen molar-refractivity contribution in [2.75, 3.05) is 31.5 Å². The Bertz CT molecular complexity index is 1400. The number of anilines is 1. The summed E-state index contributed by atoms with van der Waals surface area (Å²) in [6.45, 7) is 2.77. The fourth-order valence-corrected chi connectivity index (χ4v) is 6.18. The van der Waals surface area contributed by atoms with Crippen molar-refractivity contribution in [3.63, 3.8) is 0 Å². The normalized spacial score (nSPS) is 15.4. The lowest BCUT2D eigenvalue weighted by Crippen LogP contribution is -2.48. The zero-order valence-electron chi connectivity index (χ0n) is 18.3. The molecule has 3 aromatic carbocycles. The molecule has 4 aromatic rings. The first kappa shape index (κ1) is 22.6. The molecule has 0 radical (unpaired) electrons. The number of carbonyl (C=O) groups excluding carboxylic acids is 1. The highest BCUT2D eigenvalue weighted by molar-refractivity contribution is 7.89. The molecule has 0 atom stereocenters. The number of rotatable bonds is 6. The van der Waals surface area contributed by atoms with E-state index in [1.165, 1.54) is 4.31 Å². The van der Waals surface area contributed by atoms with Crippen LogP contribution in [-0.4, -0.2) is 58.5 Å². The molecule has 10 heteroatoms. The number of aromatic nitrogens is 2. The second-order valence-corrected chi connectivity index (χ2v) is 10.5. The van der Waals surface area contributed by atoms with Gasteiger partial charge < -0.3 is 5.32 Å². The van der Waals surface area contributed by atoms with Gasteiger partial charge in [0.05, 0.1) is 11.7 Å². The number of carbonyl (C=O) groups is 1. The first-order valence-corrected chi connectivity index (χ1v) is 13.1. The van der Waals surface area contributed by atoms with Crippen LogP contribution in [0.5, 0.6) is 0 Å². The quantitative estimate of drug-likeness (QED) is 0.442. The minimum absolute atomic E-state index is 0.151. The molecule has 1 aromatic heterocycles. The third-order valence-electron chi connectivity index (χ3n) is 5.85. The van der Waals surface area contributed by atoms with Gasteiger partial charge in [0.1, 0.15) is 15.9 Å². The van der Waals surface area contributed by atoms with Crippen molar-refractivity contribution in [2.24, 2.45) is 0 Å². The molecule has 0 saturated carbocycles. The summed E-state index contributed by atoms with van der Waals surface area (Å²) in [5.41, 5.74) is 3.46. The maximum atomic E-state index is 13.2. The Morgan fingerprint density at radius 2 is 1.62 bits per heavy atom. The number of amides is 1. The van der Waals surface area contributed by atoms with Gasteiger partial charge in [-0.2, -0.15) is 13.1 Å². The van der Waals surface area contributed by atoms with Crippen LogP contribution in [0.25, 0.3) is 11.0 Å². The van der Waals surface area contributed by atoms with Crippen LogP contribution in [0.2, 0.25) is 0 Å². The Morgan fingerprint density at radius 3 is 2.35 bits per heavy atom. The molecular formula is C24H23N5O3S2. The van der Waals surface area contributed by atoms with Crippen molar-refractivity contribution in [2.45, 2.75) is 11.4 Å². The molecular weight excluding hydrogens is 470 g/mol. The lowest BCUT2D eigenvalue weighted by molar-refractivity contribution is 0.102. The van der Waals surface area contributed by atoms with Crippen LogP contribution >= 0.6 is 11.7 Å². The number of nitrogens with zero attached hydrogens (tertiary/aromatic N) is 4. The summed E-state index contributed by atoms with van der Waals surface area (Å²) in [5, 5.41) is 2.88. The molecule has 1 saturated heterocycles. The fourth-order valence-electron chi connectivity index (χ4n) is 4.00. The van der Waals surface area contributed by atoms with E-state index in [0.29, 0.717) is 49.3 Å². The Labute approximate surface area is 202 Å². The molecule has 1 aliphatic heterocycles. The molecule has 5 rings (SSSR count). The van der Waals surface area contributed by atoms with Crippen LogP contribution in [-0.2, 0) is 16.6 Å². The predicted octanol–water partition coefficient (Wildman–Crippen LogP) is 3.45. The van der Waals surface area contributed by atoms with Crippen LogP contribution in [0, 0.1) is 0 Å². The largest absolute Gasteiger partial charge is 0.322 e. The number of sulfonamides is 1. The van der Waals surface area contributed by atoms with Gasteiger partial charge in [-0.3, -0.25) is 9.69 Å². The zero-order chi connectivity index (χ0) is 23.5. The van der Waals surface area contributed by atoms with E-state index in [1.807, 2.05) is 54.6 Å². The first-order valence-electron chi connectivity index (χ1n) is 10.9. The minimum atomic E-state index is -3.63. The third kappa shape index (κ3) is 4.71. The maximum absolute atomic E-state index is 13.2. The number of hydrogen-bond acceptors (Lipinski definition) is 7. The van der Waals surface area contributed by atoms with Crippen molar-refractivity contribution in [3.05, 3.63) is 83.9 Å². The molecule has 1 aliphatic rings. The third-order valence-corrected chi connectivity index (χ3v) is 8.32.